The zero-order valence-electron chi connectivity index (χ0n) is 6.18. The second kappa shape index (κ2) is 3.06. The largest absolute Gasteiger partial charge is 0.470 e. The molecule has 0 bridgehead atoms. The first kappa shape index (κ1) is 9.15. The summed E-state index contributed by atoms with van der Waals surface area (Å²) >= 11 is 6.02. The van der Waals surface area contributed by atoms with Gasteiger partial charge in [-0.25, -0.2) is 4.39 Å². The van der Waals surface area contributed by atoms with Gasteiger partial charge in [0.15, 0.2) is 0 Å². The van der Waals surface area contributed by atoms with E-state index >= 15 is 0 Å². The zero-order chi connectivity index (χ0) is 9.59. The maximum atomic E-state index is 13.0. The molecule has 1 aliphatic rings. The molecule has 2 nitrogen and oxygen atoms in total. The molecule has 1 aromatic carbocycles. The number of Topliss-reactive ketones (excluding diaryl/α,β-unsaturated/α-hetero) is 1. The van der Waals surface area contributed by atoms with E-state index in [1.54, 1.807) is 0 Å². The number of ketones is 1. The number of carbonyl (C=O) groups excluding carboxylic acids is 1. The Morgan fingerprint density at radius 2 is 2.15 bits per heavy atom. The fourth-order valence-electron chi connectivity index (χ4n) is 1.11. The van der Waals surface area contributed by atoms with E-state index in [9.17, 15) is 9.18 Å². The highest BCUT2D eigenvalue weighted by Gasteiger charge is 2.31. The van der Waals surface area contributed by atoms with E-state index in [-0.39, 0.29) is 16.0 Å². The van der Waals surface area contributed by atoms with Gasteiger partial charge in [0.25, 0.3) is 0 Å². The van der Waals surface area contributed by atoms with Crippen molar-refractivity contribution in [3.63, 3.8) is 0 Å². The molecule has 0 amide bonds. The third-order valence-electron chi connectivity index (χ3n) is 1.72. The quantitative estimate of drug-likeness (QED) is 0.689. The molecular weight excluding hydrogens is 307 g/mol. The summed E-state index contributed by atoms with van der Waals surface area (Å²) in [7, 11) is 0. The normalized spacial score (nSPS) is 19.9. The lowest BCUT2D eigenvalue weighted by atomic mass is 10.1. The molecule has 0 saturated carbocycles. The fraction of sp³-hybridized carbons (Fsp3) is 0.125. The second-order valence-electron chi connectivity index (χ2n) is 2.56. The Bertz CT molecular complexity index is 392. The van der Waals surface area contributed by atoms with Crippen molar-refractivity contribution in [1.29, 1.82) is 0 Å². The number of carbonyl (C=O) groups is 1. The molecule has 0 radical (unpaired) electrons. The summed E-state index contributed by atoms with van der Waals surface area (Å²) in [5.41, 5.74) is 0.398. The average molecular weight is 310 g/mol. The van der Waals surface area contributed by atoms with Gasteiger partial charge in [-0.05, 0) is 37.9 Å². The summed E-state index contributed by atoms with van der Waals surface area (Å²) in [5, 5.41) is -0.684. The van der Waals surface area contributed by atoms with E-state index in [1.165, 1.54) is 12.1 Å². The molecule has 1 aromatic rings. The Balaban J connectivity index is 2.59. The molecule has 0 aromatic heterocycles. The maximum absolute atomic E-state index is 13.0. The van der Waals surface area contributed by atoms with Crippen molar-refractivity contribution in [2.75, 3.05) is 0 Å². The summed E-state index contributed by atoms with van der Waals surface area (Å²) in [6.07, 6.45) is 0. The van der Waals surface area contributed by atoms with Crippen molar-refractivity contribution < 1.29 is 13.9 Å². The smallest absolute Gasteiger partial charge is 0.218 e. The summed E-state index contributed by atoms with van der Waals surface area (Å²) in [6, 6.07) is 2.62. The van der Waals surface area contributed by atoms with E-state index in [4.69, 9.17) is 4.74 Å². The first-order chi connectivity index (χ1) is 6.09. The van der Waals surface area contributed by atoms with Gasteiger partial charge in [0.1, 0.15) is 11.6 Å². The van der Waals surface area contributed by atoms with E-state index in [0.29, 0.717) is 5.56 Å². The molecule has 1 aliphatic heterocycles. The zero-order valence-corrected chi connectivity index (χ0v) is 9.35. The number of halogens is 3. The minimum Gasteiger partial charge on any atom is -0.470 e. The first-order valence-corrected chi connectivity index (χ1v) is 5.14. The lowest BCUT2D eigenvalue weighted by Crippen LogP contribution is -2.10. The molecule has 0 aliphatic carbocycles. The van der Waals surface area contributed by atoms with Gasteiger partial charge < -0.3 is 4.74 Å². The molecule has 2 rings (SSSR count). The second-order valence-corrected chi connectivity index (χ2v) is 4.25. The fourth-order valence-corrected chi connectivity index (χ4v) is 1.90. The number of rotatable bonds is 0. The van der Waals surface area contributed by atoms with E-state index in [2.05, 4.69) is 31.9 Å². The van der Waals surface area contributed by atoms with Gasteiger partial charge in [-0.2, -0.15) is 0 Å². The van der Waals surface area contributed by atoms with Crippen molar-refractivity contribution in [1.82, 2.24) is 0 Å². The number of hydrogen-bond acceptors (Lipinski definition) is 2. The third kappa shape index (κ3) is 1.40. The Hall–Kier alpha value is -0.420. The van der Waals surface area contributed by atoms with Crippen LogP contribution in [0, 0.1) is 5.82 Å². The molecule has 0 unspecified atom stereocenters. The summed E-state index contributed by atoms with van der Waals surface area (Å²) < 4.78 is 18.3. The monoisotopic (exact) mass is 308 g/mol. The molecule has 0 fully saturated rings. The van der Waals surface area contributed by atoms with Gasteiger partial charge in [0.2, 0.25) is 10.8 Å². The van der Waals surface area contributed by atoms with Crippen LogP contribution >= 0.6 is 31.9 Å². The summed E-state index contributed by atoms with van der Waals surface area (Å²) in [5.74, 6) is -0.337. The standard InChI is InChI=1S/C8H3Br2FO2/c9-4-1-3-6(2-5(4)11)13-8(10)7(3)12/h1-2,8H/t8-/m1/s1. The molecule has 0 spiro atoms. The van der Waals surface area contributed by atoms with Crippen LogP contribution in [-0.2, 0) is 0 Å². The summed E-state index contributed by atoms with van der Waals surface area (Å²) in [6.45, 7) is 0. The SMILES string of the molecule is O=C1c2cc(Br)c(F)cc2O[C@H]1Br. The van der Waals surface area contributed by atoms with Crippen molar-refractivity contribution in [3.05, 3.63) is 28.0 Å². The van der Waals surface area contributed by atoms with Crippen LogP contribution in [0.3, 0.4) is 0 Å². The maximum Gasteiger partial charge on any atom is 0.218 e. The Kier molecular flexibility index (Phi) is 2.15. The molecule has 5 heteroatoms. The molecule has 0 N–H and O–H groups in total. The summed E-state index contributed by atoms with van der Waals surface area (Å²) in [4.78, 5) is 11.3. The van der Waals surface area contributed by atoms with Crippen molar-refractivity contribution in [2.45, 2.75) is 5.01 Å². The molecule has 1 heterocycles. The van der Waals surface area contributed by atoms with E-state index < -0.39 is 10.8 Å². The third-order valence-corrected chi connectivity index (χ3v) is 2.93. The lowest BCUT2D eigenvalue weighted by Gasteiger charge is -1.99. The Labute approximate surface area is 90.3 Å². The highest BCUT2D eigenvalue weighted by Crippen LogP contribution is 2.34. The van der Waals surface area contributed by atoms with E-state index in [1.807, 2.05) is 0 Å². The Morgan fingerprint density at radius 1 is 1.46 bits per heavy atom. The minimum atomic E-state index is -0.684. The lowest BCUT2D eigenvalue weighted by molar-refractivity contribution is 0.0942. The number of benzene rings is 1. The predicted octanol–water partition coefficient (Wildman–Crippen LogP) is 2.88. The molecular formula is C8H3Br2FO2. The predicted molar refractivity (Wildman–Crippen MR) is 51.8 cm³/mol. The van der Waals surface area contributed by atoms with Gasteiger partial charge in [-0.1, -0.05) is 0 Å². The number of ether oxygens (including phenoxy) is 1. The van der Waals surface area contributed by atoms with Crippen molar-refractivity contribution >= 4 is 37.6 Å². The van der Waals surface area contributed by atoms with Gasteiger partial charge in [-0.15, -0.1) is 0 Å². The molecule has 68 valence electrons. The van der Waals surface area contributed by atoms with Crippen molar-refractivity contribution in [2.24, 2.45) is 0 Å². The number of alkyl halides is 1. The van der Waals surface area contributed by atoms with Crippen molar-refractivity contribution in [3.8, 4) is 5.75 Å². The van der Waals surface area contributed by atoms with Crippen LogP contribution in [0.5, 0.6) is 5.75 Å². The van der Waals surface area contributed by atoms with Crippen LogP contribution in [-0.4, -0.2) is 10.8 Å². The van der Waals surface area contributed by atoms with Crippen LogP contribution in [0.4, 0.5) is 4.39 Å². The van der Waals surface area contributed by atoms with Gasteiger partial charge in [-0.3, -0.25) is 4.79 Å². The minimum absolute atomic E-state index is 0.185. The van der Waals surface area contributed by atoms with Gasteiger partial charge in [0.05, 0.1) is 10.0 Å². The average Bonchev–Trinajstić information content (AvgIpc) is 2.32. The molecule has 1 atom stereocenters. The van der Waals surface area contributed by atoms with Crippen LogP contribution < -0.4 is 4.74 Å². The number of fused-ring (bicyclic) bond motifs is 1. The van der Waals surface area contributed by atoms with Gasteiger partial charge >= 0.3 is 0 Å². The highest BCUT2D eigenvalue weighted by molar-refractivity contribution is 9.10. The van der Waals surface area contributed by atoms with Crippen LogP contribution in [0.15, 0.2) is 16.6 Å². The van der Waals surface area contributed by atoms with Crippen LogP contribution in [0.1, 0.15) is 10.4 Å². The first-order valence-electron chi connectivity index (χ1n) is 3.43. The molecule has 13 heavy (non-hydrogen) atoms. The number of hydrogen-bond donors (Lipinski definition) is 0. The van der Waals surface area contributed by atoms with Crippen LogP contribution in [0.25, 0.3) is 0 Å². The topological polar surface area (TPSA) is 26.3 Å². The highest BCUT2D eigenvalue weighted by atomic mass is 79.9. The van der Waals surface area contributed by atoms with E-state index in [0.717, 1.165) is 0 Å². The van der Waals surface area contributed by atoms with Gasteiger partial charge in [0, 0.05) is 6.07 Å². The van der Waals surface area contributed by atoms with Crippen LogP contribution in [0.2, 0.25) is 0 Å². The molecule has 0 saturated heterocycles. The Morgan fingerprint density at radius 3 is 2.85 bits per heavy atom.